The SMILES string of the molecule is CN(Cc1ccco1)Cc1cc2cc3c(cc2n(CCN2CCCC2)c1=O)CCC3. The third-order valence-electron chi connectivity index (χ3n) is 6.67. The monoisotopic (exact) mass is 405 g/mol. The van der Waals surface area contributed by atoms with Crippen LogP contribution in [0.15, 0.2) is 45.8 Å². The third kappa shape index (κ3) is 3.96. The quantitative estimate of drug-likeness (QED) is 0.599. The van der Waals surface area contributed by atoms with Crippen molar-refractivity contribution in [2.75, 3.05) is 26.7 Å². The van der Waals surface area contributed by atoms with Gasteiger partial charge < -0.3 is 13.9 Å². The van der Waals surface area contributed by atoms with Gasteiger partial charge in [-0.15, -0.1) is 0 Å². The Labute approximate surface area is 177 Å². The van der Waals surface area contributed by atoms with Crippen molar-refractivity contribution < 1.29 is 4.42 Å². The van der Waals surface area contributed by atoms with Crippen molar-refractivity contribution in [2.24, 2.45) is 0 Å². The molecule has 3 aromatic rings. The number of likely N-dealkylation sites (tertiary alicyclic amines) is 1. The number of aromatic nitrogens is 1. The summed E-state index contributed by atoms with van der Waals surface area (Å²) in [7, 11) is 2.05. The molecular formula is C25H31N3O2. The Hall–Kier alpha value is -2.37. The number of benzene rings is 1. The smallest absolute Gasteiger partial charge is 0.255 e. The summed E-state index contributed by atoms with van der Waals surface area (Å²) in [6.07, 6.45) is 7.78. The van der Waals surface area contributed by atoms with Gasteiger partial charge in [0.25, 0.3) is 5.56 Å². The van der Waals surface area contributed by atoms with Gasteiger partial charge >= 0.3 is 0 Å². The maximum atomic E-state index is 13.5. The average Bonchev–Trinajstić information content (AvgIpc) is 3.49. The first-order chi connectivity index (χ1) is 14.7. The van der Waals surface area contributed by atoms with Crippen molar-refractivity contribution in [3.05, 3.63) is 69.4 Å². The van der Waals surface area contributed by atoms with Crippen LogP contribution in [0.25, 0.3) is 10.9 Å². The van der Waals surface area contributed by atoms with Gasteiger partial charge in [0.05, 0.1) is 18.3 Å². The van der Waals surface area contributed by atoms with Crippen LogP contribution >= 0.6 is 0 Å². The first-order valence-corrected chi connectivity index (χ1v) is 11.3. The number of hydrogen-bond donors (Lipinski definition) is 0. The molecule has 1 aromatic carbocycles. The normalized spacial score (nSPS) is 16.7. The fraction of sp³-hybridized carbons (Fsp3) is 0.480. The first-order valence-electron chi connectivity index (χ1n) is 11.3. The number of rotatable bonds is 7. The van der Waals surface area contributed by atoms with E-state index in [1.807, 2.05) is 23.7 Å². The van der Waals surface area contributed by atoms with Crippen molar-refractivity contribution in [3.8, 4) is 0 Å². The number of fused-ring (bicyclic) bond motifs is 2. The minimum atomic E-state index is 0.158. The van der Waals surface area contributed by atoms with E-state index in [1.165, 1.54) is 35.8 Å². The van der Waals surface area contributed by atoms with Crippen LogP contribution in [0.3, 0.4) is 0 Å². The van der Waals surface area contributed by atoms with Crippen molar-refractivity contribution >= 4 is 10.9 Å². The van der Waals surface area contributed by atoms with Crippen LogP contribution in [-0.2, 0) is 32.5 Å². The molecule has 1 fully saturated rings. The lowest BCUT2D eigenvalue weighted by Crippen LogP contribution is -2.32. The van der Waals surface area contributed by atoms with Crippen molar-refractivity contribution in [1.29, 1.82) is 0 Å². The second-order valence-corrected chi connectivity index (χ2v) is 8.96. The Kier molecular flexibility index (Phi) is 5.48. The second-order valence-electron chi connectivity index (χ2n) is 8.96. The van der Waals surface area contributed by atoms with Crippen molar-refractivity contribution in [2.45, 2.75) is 51.7 Å². The molecule has 0 spiro atoms. The van der Waals surface area contributed by atoms with E-state index in [-0.39, 0.29) is 5.56 Å². The zero-order valence-corrected chi connectivity index (χ0v) is 17.9. The molecule has 0 atom stereocenters. The molecule has 2 aromatic heterocycles. The number of nitrogens with zero attached hydrogens (tertiary/aromatic N) is 3. The summed E-state index contributed by atoms with van der Waals surface area (Å²) in [6.45, 7) is 5.36. The molecular weight excluding hydrogens is 374 g/mol. The zero-order valence-electron chi connectivity index (χ0n) is 17.9. The number of pyridine rings is 1. The summed E-state index contributed by atoms with van der Waals surface area (Å²) in [6, 6.07) is 10.6. The Morgan fingerprint density at radius 3 is 2.57 bits per heavy atom. The Morgan fingerprint density at radius 2 is 1.80 bits per heavy atom. The summed E-state index contributed by atoms with van der Waals surface area (Å²) in [5.74, 6) is 0.922. The zero-order chi connectivity index (χ0) is 20.5. The predicted octanol–water partition coefficient (Wildman–Crippen LogP) is 3.81. The van der Waals surface area contributed by atoms with Crippen molar-refractivity contribution in [1.82, 2.24) is 14.4 Å². The fourth-order valence-electron chi connectivity index (χ4n) is 5.11. The molecule has 0 unspecified atom stereocenters. The van der Waals surface area contributed by atoms with Crippen LogP contribution in [0.2, 0.25) is 0 Å². The van der Waals surface area contributed by atoms with Crippen LogP contribution in [-0.4, -0.2) is 41.0 Å². The van der Waals surface area contributed by atoms with Crippen LogP contribution in [0.5, 0.6) is 0 Å². The molecule has 30 heavy (non-hydrogen) atoms. The molecule has 1 aliphatic carbocycles. The van der Waals surface area contributed by atoms with Crippen molar-refractivity contribution in [3.63, 3.8) is 0 Å². The average molecular weight is 406 g/mol. The minimum absolute atomic E-state index is 0.158. The van der Waals surface area contributed by atoms with Gasteiger partial charge in [-0.2, -0.15) is 0 Å². The molecule has 1 saturated heterocycles. The van der Waals surface area contributed by atoms with Gasteiger partial charge in [-0.1, -0.05) is 0 Å². The Balaban J connectivity index is 1.49. The molecule has 5 nitrogen and oxygen atoms in total. The molecule has 0 N–H and O–H groups in total. The first kappa shape index (κ1) is 19.6. The van der Waals surface area contributed by atoms with E-state index in [1.54, 1.807) is 6.26 Å². The number of aryl methyl sites for hydroxylation is 2. The summed E-state index contributed by atoms with van der Waals surface area (Å²) in [5.41, 5.74) is 5.03. The standard InChI is InChI=1S/C25H31N3O2/c1-26(18-23-8-5-13-30-23)17-22-15-21-14-19-6-4-7-20(19)16-24(21)28(25(22)29)12-11-27-9-2-3-10-27/h5,8,13-16H,2-4,6-7,9-12,17-18H2,1H3. The van der Waals surface area contributed by atoms with Crippen LogP contribution in [0, 0.1) is 0 Å². The van der Waals surface area contributed by atoms with Crippen LogP contribution in [0.4, 0.5) is 0 Å². The molecule has 2 aliphatic rings. The molecule has 0 radical (unpaired) electrons. The highest BCUT2D eigenvalue weighted by Crippen LogP contribution is 2.27. The molecule has 3 heterocycles. The van der Waals surface area contributed by atoms with Crippen LogP contribution in [0.1, 0.15) is 41.7 Å². The van der Waals surface area contributed by atoms with Gasteiger partial charge in [0.2, 0.25) is 0 Å². The summed E-state index contributed by atoms with van der Waals surface area (Å²) in [4.78, 5) is 18.2. The second kappa shape index (κ2) is 8.40. The van der Waals surface area contributed by atoms with E-state index in [0.29, 0.717) is 13.1 Å². The topological polar surface area (TPSA) is 41.6 Å². The molecule has 5 rings (SSSR count). The Bertz CT molecular complexity index is 1080. The highest BCUT2D eigenvalue weighted by Gasteiger charge is 2.18. The van der Waals surface area contributed by atoms with Gasteiger partial charge in [-0.3, -0.25) is 9.69 Å². The fourth-order valence-corrected chi connectivity index (χ4v) is 5.11. The lowest BCUT2D eigenvalue weighted by molar-refractivity contribution is 0.285. The lowest BCUT2D eigenvalue weighted by atomic mass is 10.0. The highest BCUT2D eigenvalue weighted by atomic mass is 16.3. The maximum absolute atomic E-state index is 13.5. The largest absolute Gasteiger partial charge is 0.468 e. The van der Waals surface area contributed by atoms with Gasteiger partial charge in [0.15, 0.2) is 0 Å². The van der Waals surface area contributed by atoms with Gasteiger partial charge in [0, 0.05) is 25.2 Å². The molecule has 0 amide bonds. The maximum Gasteiger partial charge on any atom is 0.255 e. The molecule has 1 aliphatic heterocycles. The molecule has 158 valence electrons. The van der Waals surface area contributed by atoms with E-state index in [9.17, 15) is 4.79 Å². The molecule has 5 heteroatoms. The minimum Gasteiger partial charge on any atom is -0.468 e. The molecule has 0 saturated carbocycles. The Morgan fingerprint density at radius 1 is 1.00 bits per heavy atom. The summed E-state index contributed by atoms with van der Waals surface area (Å²) >= 11 is 0. The predicted molar refractivity (Wildman–Crippen MR) is 120 cm³/mol. The van der Waals surface area contributed by atoms with E-state index in [4.69, 9.17) is 4.42 Å². The molecule has 0 bridgehead atoms. The van der Waals surface area contributed by atoms with E-state index >= 15 is 0 Å². The number of hydrogen-bond acceptors (Lipinski definition) is 4. The summed E-state index contributed by atoms with van der Waals surface area (Å²) in [5, 5.41) is 1.21. The third-order valence-corrected chi connectivity index (χ3v) is 6.67. The lowest BCUT2D eigenvalue weighted by Gasteiger charge is -2.20. The van der Waals surface area contributed by atoms with E-state index in [2.05, 4.69) is 28.0 Å². The van der Waals surface area contributed by atoms with E-state index < -0.39 is 0 Å². The van der Waals surface area contributed by atoms with Gasteiger partial charge in [-0.25, -0.2) is 0 Å². The summed E-state index contributed by atoms with van der Waals surface area (Å²) < 4.78 is 7.53. The van der Waals surface area contributed by atoms with E-state index in [0.717, 1.165) is 55.9 Å². The van der Waals surface area contributed by atoms with Gasteiger partial charge in [0.1, 0.15) is 5.76 Å². The van der Waals surface area contributed by atoms with Crippen LogP contribution < -0.4 is 5.56 Å². The van der Waals surface area contributed by atoms with Gasteiger partial charge in [-0.05, 0) is 99.1 Å². The highest BCUT2D eigenvalue weighted by molar-refractivity contribution is 5.82. The number of furan rings is 1.